The molecule has 0 bridgehead atoms. The molecule has 74 valence electrons. The topological polar surface area (TPSA) is 37.3 Å². The van der Waals surface area contributed by atoms with Crippen LogP contribution in [0.2, 0.25) is 0 Å². The van der Waals surface area contributed by atoms with Gasteiger partial charge in [-0.05, 0) is 24.7 Å². The van der Waals surface area contributed by atoms with Gasteiger partial charge in [-0.2, -0.15) is 0 Å². The van der Waals surface area contributed by atoms with E-state index < -0.39 is 5.97 Å². The first-order valence-corrected chi connectivity index (χ1v) is 4.94. The van der Waals surface area contributed by atoms with Crippen molar-refractivity contribution in [1.82, 2.24) is 0 Å². The molecule has 1 saturated carbocycles. The van der Waals surface area contributed by atoms with E-state index in [1.165, 1.54) is 19.3 Å². The van der Waals surface area contributed by atoms with E-state index in [1.54, 1.807) is 0 Å². The average Bonchev–Trinajstić information content (AvgIpc) is 2.05. The Labute approximate surface area is 99.2 Å². The smallest absolute Gasteiger partial charge is 1.00 e. The predicted octanol–water partition coefficient (Wildman–Crippen LogP) is 2.52. The zero-order chi connectivity index (χ0) is 8.97. The molecule has 0 saturated heterocycles. The molecule has 0 heterocycles. The van der Waals surface area contributed by atoms with Gasteiger partial charge < -0.3 is 7.96 Å². The summed E-state index contributed by atoms with van der Waals surface area (Å²) in [7, 11) is 0. The molecule has 0 aromatic carbocycles. The van der Waals surface area contributed by atoms with Crippen molar-refractivity contribution < 1.29 is 12.8 Å². The SMILES string of the molecule is CCC1CCC(CC(=O)O)CC1.[H-].[H-].[Mg+2]. The Morgan fingerprint density at radius 3 is 2.15 bits per heavy atom. The van der Waals surface area contributed by atoms with Crippen molar-refractivity contribution in [3.8, 4) is 0 Å². The summed E-state index contributed by atoms with van der Waals surface area (Å²) in [5.41, 5.74) is 0. The number of rotatable bonds is 3. The van der Waals surface area contributed by atoms with Gasteiger partial charge in [0.25, 0.3) is 0 Å². The summed E-state index contributed by atoms with van der Waals surface area (Å²) in [6, 6.07) is 0. The quantitative estimate of drug-likeness (QED) is 0.705. The number of carboxylic acids is 1. The van der Waals surface area contributed by atoms with Gasteiger partial charge in [0.1, 0.15) is 0 Å². The standard InChI is InChI=1S/C10H18O2.Mg.2H/c1-2-8-3-5-9(6-4-8)7-10(11)12;;;/h8-9H,2-7H2,1H3,(H,11,12);;;/q;+2;2*-1. The zero-order valence-electron chi connectivity index (χ0n) is 10.5. The molecule has 0 radical (unpaired) electrons. The minimum Gasteiger partial charge on any atom is -1.00 e. The molecule has 0 spiro atoms. The van der Waals surface area contributed by atoms with Crippen LogP contribution in [0, 0.1) is 11.8 Å². The minimum absolute atomic E-state index is 0. The van der Waals surface area contributed by atoms with Crippen LogP contribution in [0.3, 0.4) is 0 Å². The second-order valence-electron chi connectivity index (χ2n) is 3.89. The average molecular weight is 197 g/mol. The van der Waals surface area contributed by atoms with E-state index in [9.17, 15) is 4.79 Å². The van der Waals surface area contributed by atoms with Crippen LogP contribution in [0.1, 0.15) is 48.3 Å². The van der Waals surface area contributed by atoms with Gasteiger partial charge in [0.15, 0.2) is 0 Å². The van der Waals surface area contributed by atoms with E-state index in [1.807, 2.05) is 0 Å². The summed E-state index contributed by atoms with van der Waals surface area (Å²) in [5, 5.41) is 8.59. The van der Waals surface area contributed by atoms with Crippen LogP contribution in [0.5, 0.6) is 0 Å². The molecule has 1 rings (SSSR count). The molecule has 0 amide bonds. The number of hydrogen-bond acceptors (Lipinski definition) is 1. The molecule has 0 atom stereocenters. The third-order valence-electron chi connectivity index (χ3n) is 3.01. The minimum atomic E-state index is -0.630. The summed E-state index contributed by atoms with van der Waals surface area (Å²) < 4.78 is 0. The Kier molecular flexibility index (Phi) is 6.78. The van der Waals surface area contributed by atoms with Crippen LogP contribution >= 0.6 is 0 Å². The summed E-state index contributed by atoms with van der Waals surface area (Å²) in [6.07, 6.45) is 6.40. The van der Waals surface area contributed by atoms with Crippen molar-refractivity contribution in [2.45, 2.75) is 45.4 Å². The summed E-state index contributed by atoms with van der Waals surface area (Å²) in [6.45, 7) is 2.22. The third kappa shape index (κ3) is 4.86. The number of aliphatic carboxylic acids is 1. The van der Waals surface area contributed by atoms with Gasteiger partial charge in [0, 0.05) is 6.42 Å². The second kappa shape index (κ2) is 6.65. The van der Waals surface area contributed by atoms with Crippen LogP contribution in [0.25, 0.3) is 0 Å². The molecule has 2 nitrogen and oxygen atoms in total. The molecule has 0 aliphatic heterocycles. The van der Waals surface area contributed by atoms with Crippen LogP contribution < -0.4 is 0 Å². The number of carbonyl (C=O) groups is 1. The van der Waals surface area contributed by atoms with Gasteiger partial charge in [-0.1, -0.05) is 26.2 Å². The molecule has 13 heavy (non-hydrogen) atoms. The molecule has 1 aliphatic rings. The van der Waals surface area contributed by atoms with Gasteiger partial charge >= 0.3 is 29.0 Å². The first kappa shape index (κ1) is 13.2. The molecule has 1 N–H and O–H groups in total. The second-order valence-corrected chi connectivity index (χ2v) is 3.89. The Balaban J connectivity index is -0.000000480. The fourth-order valence-electron chi connectivity index (χ4n) is 2.09. The van der Waals surface area contributed by atoms with Crippen LogP contribution in [0.4, 0.5) is 0 Å². The Morgan fingerprint density at radius 2 is 1.77 bits per heavy atom. The largest absolute Gasteiger partial charge is 2.00 e. The summed E-state index contributed by atoms with van der Waals surface area (Å²) in [4.78, 5) is 10.4. The van der Waals surface area contributed by atoms with E-state index in [4.69, 9.17) is 5.11 Å². The molecule has 0 unspecified atom stereocenters. The zero-order valence-corrected chi connectivity index (χ0v) is 9.87. The number of carboxylic acid groups (broad SMARTS) is 1. The maximum Gasteiger partial charge on any atom is 2.00 e. The molecular formula is C10H20MgO2. The first-order valence-electron chi connectivity index (χ1n) is 4.94. The van der Waals surface area contributed by atoms with Gasteiger partial charge in [0.2, 0.25) is 0 Å². The van der Waals surface area contributed by atoms with Crippen LogP contribution in [0.15, 0.2) is 0 Å². The van der Waals surface area contributed by atoms with Crippen molar-refractivity contribution >= 4 is 29.0 Å². The first-order chi connectivity index (χ1) is 5.72. The van der Waals surface area contributed by atoms with Gasteiger partial charge in [-0.3, -0.25) is 4.79 Å². The fraction of sp³-hybridized carbons (Fsp3) is 0.900. The third-order valence-corrected chi connectivity index (χ3v) is 3.01. The molecule has 1 fully saturated rings. The van der Waals surface area contributed by atoms with E-state index in [0.29, 0.717) is 12.3 Å². The van der Waals surface area contributed by atoms with E-state index >= 15 is 0 Å². The molecule has 1 aliphatic carbocycles. The fourth-order valence-corrected chi connectivity index (χ4v) is 2.09. The Morgan fingerprint density at radius 1 is 1.31 bits per heavy atom. The predicted molar refractivity (Wildman–Crippen MR) is 56.0 cm³/mol. The van der Waals surface area contributed by atoms with E-state index in [2.05, 4.69) is 6.92 Å². The van der Waals surface area contributed by atoms with Crippen LogP contribution in [-0.4, -0.2) is 34.1 Å². The van der Waals surface area contributed by atoms with Crippen molar-refractivity contribution in [3.63, 3.8) is 0 Å². The number of hydrogen-bond donors (Lipinski definition) is 1. The Hall–Kier alpha value is 0.236. The summed E-state index contributed by atoms with van der Waals surface area (Å²) in [5.74, 6) is 0.704. The maximum absolute atomic E-state index is 10.4. The van der Waals surface area contributed by atoms with Crippen molar-refractivity contribution in [2.75, 3.05) is 0 Å². The van der Waals surface area contributed by atoms with Crippen molar-refractivity contribution in [1.29, 1.82) is 0 Å². The van der Waals surface area contributed by atoms with Crippen LogP contribution in [-0.2, 0) is 4.79 Å². The van der Waals surface area contributed by atoms with Gasteiger partial charge in [-0.15, -0.1) is 0 Å². The van der Waals surface area contributed by atoms with E-state index in [-0.39, 0.29) is 25.9 Å². The normalized spacial score (nSPS) is 27.8. The van der Waals surface area contributed by atoms with Crippen molar-refractivity contribution in [2.24, 2.45) is 11.8 Å². The maximum atomic E-state index is 10.4. The summed E-state index contributed by atoms with van der Waals surface area (Å²) >= 11 is 0. The molecule has 0 aromatic rings. The van der Waals surface area contributed by atoms with Crippen molar-refractivity contribution in [3.05, 3.63) is 0 Å². The monoisotopic (exact) mass is 196 g/mol. The molecular weight excluding hydrogens is 176 g/mol. The molecule has 3 heteroatoms. The van der Waals surface area contributed by atoms with E-state index in [0.717, 1.165) is 18.8 Å². The molecule has 0 aromatic heterocycles. The van der Waals surface area contributed by atoms with Gasteiger partial charge in [-0.25, -0.2) is 0 Å². The van der Waals surface area contributed by atoms with Gasteiger partial charge in [0.05, 0.1) is 0 Å². The Bertz CT molecular complexity index is 160.